The molecule has 294 valence electrons. The van der Waals surface area contributed by atoms with Crippen LogP contribution in [0.5, 0.6) is 0 Å². The zero-order valence-electron chi connectivity index (χ0n) is 32.8. The van der Waals surface area contributed by atoms with E-state index in [0.29, 0.717) is 6.42 Å². The van der Waals surface area contributed by atoms with Gasteiger partial charge in [-0.2, -0.15) is 0 Å². The van der Waals surface area contributed by atoms with E-state index in [1.54, 1.807) is 14.0 Å². The minimum absolute atomic E-state index is 0.00727. The van der Waals surface area contributed by atoms with Gasteiger partial charge in [-0.1, -0.05) is 41.5 Å². The van der Waals surface area contributed by atoms with Gasteiger partial charge in [-0.25, -0.2) is 0 Å². The van der Waals surface area contributed by atoms with E-state index in [4.69, 9.17) is 33.2 Å². The molecule has 11 heteroatoms. The van der Waals surface area contributed by atoms with Crippen LogP contribution >= 0.6 is 0 Å². The first-order valence-electron chi connectivity index (χ1n) is 20.0. The Morgan fingerprint density at radius 1 is 0.863 bits per heavy atom. The zero-order valence-corrected chi connectivity index (χ0v) is 32.8. The number of aliphatic carboxylic acids is 1. The molecular formula is C40H68O11. The van der Waals surface area contributed by atoms with Crippen LogP contribution in [0.2, 0.25) is 0 Å². The van der Waals surface area contributed by atoms with E-state index < -0.39 is 41.3 Å². The van der Waals surface area contributed by atoms with Crippen LogP contribution < -0.4 is 0 Å². The fourth-order valence-corrected chi connectivity index (χ4v) is 11.3. The van der Waals surface area contributed by atoms with Crippen molar-refractivity contribution in [2.75, 3.05) is 13.7 Å². The summed E-state index contributed by atoms with van der Waals surface area (Å²) in [7, 11) is 1.77. The molecule has 3 N–H and O–H groups in total. The first-order valence-corrected chi connectivity index (χ1v) is 20.0. The van der Waals surface area contributed by atoms with Gasteiger partial charge in [0.05, 0.1) is 72.6 Å². The highest BCUT2D eigenvalue weighted by atomic mass is 16.7. The van der Waals surface area contributed by atoms with E-state index in [-0.39, 0.29) is 84.3 Å². The van der Waals surface area contributed by atoms with Crippen LogP contribution in [0.3, 0.4) is 0 Å². The average molecular weight is 725 g/mol. The van der Waals surface area contributed by atoms with Crippen molar-refractivity contribution < 1.29 is 53.3 Å². The van der Waals surface area contributed by atoms with Gasteiger partial charge in [-0.15, -0.1) is 0 Å². The molecule has 6 rings (SSSR count). The first kappa shape index (κ1) is 39.8. The molecule has 6 heterocycles. The molecule has 19 atom stereocenters. The normalized spacial score (nSPS) is 54.2. The maximum atomic E-state index is 11.8. The van der Waals surface area contributed by atoms with Crippen LogP contribution in [-0.4, -0.2) is 107 Å². The fraction of sp³-hybridized carbons (Fsp3) is 0.975. The van der Waals surface area contributed by atoms with Crippen molar-refractivity contribution in [1.29, 1.82) is 0 Å². The summed E-state index contributed by atoms with van der Waals surface area (Å²) in [4.78, 5) is 11.8. The second kappa shape index (κ2) is 14.6. The third-order valence-corrected chi connectivity index (χ3v) is 14.4. The molecule has 6 aliphatic rings. The summed E-state index contributed by atoms with van der Waals surface area (Å²) in [6, 6.07) is 0. The summed E-state index contributed by atoms with van der Waals surface area (Å²) in [6.07, 6.45) is 5.85. The Kier molecular flexibility index (Phi) is 11.4. The van der Waals surface area contributed by atoms with E-state index in [1.807, 2.05) is 6.92 Å². The molecule has 4 unspecified atom stereocenters. The summed E-state index contributed by atoms with van der Waals surface area (Å²) < 4.78 is 47.0. The predicted octanol–water partition coefficient (Wildman–Crippen LogP) is 5.71. The number of carboxylic acid groups (broad SMARTS) is 1. The molecule has 0 saturated carbocycles. The van der Waals surface area contributed by atoms with Crippen molar-refractivity contribution in [3.8, 4) is 0 Å². The Morgan fingerprint density at radius 3 is 2.25 bits per heavy atom. The van der Waals surface area contributed by atoms with Gasteiger partial charge in [0.2, 0.25) is 0 Å². The van der Waals surface area contributed by atoms with Gasteiger partial charge in [0.15, 0.2) is 11.6 Å². The Bertz CT molecular complexity index is 1230. The van der Waals surface area contributed by atoms with Gasteiger partial charge < -0.3 is 48.5 Å². The van der Waals surface area contributed by atoms with Crippen molar-refractivity contribution >= 4 is 5.97 Å². The molecule has 0 aromatic rings. The number of hydrogen-bond donors (Lipinski definition) is 3. The van der Waals surface area contributed by atoms with Gasteiger partial charge in [0.1, 0.15) is 0 Å². The third-order valence-electron chi connectivity index (χ3n) is 14.4. The molecular weight excluding hydrogens is 656 g/mol. The van der Waals surface area contributed by atoms with Crippen molar-refractivity contribution in [2.24, 2.45) is 41.4 Å². The molecule has 0 aromatic heterocycles. The lowest BCUT2D eigenvalue weighted by molar-refractivity contribution is -0.353. The van der Waals surface area contributed by atoms with Crippen LogP contribution in [0.15, 0.2) is 0 Å². The summed E-state index contributed by atoms with van der Waals surface area (Å²) >= 11 is 0. The quantitative estimate of drug-likeness (QED) is 0.269. The number of rotatable bonds is 9. The Balaban J connectivity index is 1.13. The first-order chi connectivity index (χ1) is 23.9. The number of aliphatic hydroxyl groups is 2. The minimum Gasteiger partial charge on any atom is -0.481 e. The van der Waals surface area contributed by atoms with E-state index in [2.05, 4.69) is 48.5 Å². The van der Waals surface area contributed by atoms with Crippen molar-refractivity contribution in [3.05, 3.63) is 0 Å². The lowest BCUT2D eigenvalue weighted by atomic mass is 9.78. The largest absolute Gasteiger partial charge is 0.481 e. The Labute approximate surface area is 305 Å². The molecule has 51 heavy (non-hydrogen) atoms. The summed E-state index contributed by atoms with van der Waals surface area (Å²) in [5, 5.41) is 30.7. The smallest absolute Gasteiger partial charge is 0.308 e. The predicted molar refractivity (Wildman–Crippen MR) is 189 cm³/mol. The topological polar surface area (TPSA) is 142 Å². The maximum absolute atomic E-state index is 11.8. The molecule has 11 nitrogen and oxygen atoms in total. The summed E-state index contributed by atoms with van der Waals surface area (Å²) in [6.45, 7) is 18.4. The highest BCUT2D eigenvalue weighted by Gasteiger charge is 2.65. The van der Waals surface area contributed by atoms with E-state index >= 15 is 0 Å². The summed E-state index contributed by atoms with van der Waals surface area (Å²) in [5.74, 6) is -3.26. The molecule has 6 aliphatic heterocycles. The second-order valence-electron chi connectivity index (χ2n) is 18.4. The van der Waals surface area contributed by atoms with E-state index in [0.717, 1.165) is 51.4 Å². The van der Waals surface area contributed by atoms with E-state index in [9.17, 15) is 20.1 Å². The molecule has 0 bridgehead atoms. The SMILES string of the molecule is CO[C@@H]1C[C@@H](C[C@H]2CC[C@H](C)C([C@@H](C)C(=O)O)O2)O[C@]2(O[C@](C)(C3CC[C@@](C)(C4OC([C@H]5O[C@@](O)(CO)[C@H](C)C[C@@H]5C)C[C@@H]4C)O3)C[C@H]2C)[C@@H]1C. The fourth-order valence-electron chi connectivity index (χ4n) is 11.3. The van der Waals surface area contributed by atoms with Gasteiger partial charge in [-0.3, -0.25) is 4.79 Å². The molecule has 0 radical (unpaired) electrons. The summed E-state index contributed by atoms with van der Waals surface area (Å²) in [5.41, 5.74) is -1.10. The standard InChI is InChI=1S/C40H68O11/c1-21-11-12-28(46-33(21)26(6)36(42)43)17-29-18-30(45-10)27(7)40(48-29)25(5)19-38(9,51-40)32-13-14-37(8,49-32)35-23(3)16-31(47-35)34-22(2)15-24(4)39(44,20-41)50-34/h21-35,41,44H,11-20H2,1-10H3,(H,42,43)/t21-,22-,23-,24+,25+,26+,27+,28+,29+,30+,31?,32?,33?,34-,35?,37-,38-,39-,40+/m0/s1. The van der Waals surface area contributed by atoms with Crippen molar-refractivity contribution in [2.45, 2.75) is 192 Å². The zero-order chi connectivity index (χ0) is 37.3. The molecule has 0 aliphatic carbocycles. The third kappa shape index (κ3) is 7.19. The highest BCUT2D eigenvalue weighted by molar-refractivity contribution is 5.70. The molecule has 0 aromatic carbocycles. The minimum atomic E-state index is -1.55. The maximum Gasteiger partial charge on any atom is 0.308 e. The average Bonchev–Trinajstić information content (AvgIpc) is 3.75. The number of hydrogen-bond acceptors (Lipinski definition) is 10. The molecule has 0 amide bonds. The number of ether oxygens (including phenoxy) is 7. The Hall–Kier alpha value is -0.890. The second-order valence-corrected chi connectivity index (χ2v) is 18.4. The van der Waals surface area contributed by atoms with Crippen LogP contribution in [0.4, 0.5) is 0 Å². The van der Waals surface area contributed by atoms with Crippen LogP contribution in [0.25, 0.3) is 0 Å². The number of aliphatic hydroxyl groups excluding tert-OH is 1. The lowest BCUT2D eigenvalue weighted by Gasteiger charge is -2.50. The van der Waals surface area contributed by atoms with Gasteiger partial charge in [-0.05, 0) is 83.5 Å². The van der Waals surface area contributed by atoms with Gasteiger partial charge >= 0.3 is 5.97 Å². The number of carbonyl (C=O) groups is 1. The number of carboxylic acids is 1. The van der Waals surface area contributed by atoms with Crippen LogP contribution in [-0.2, 0) is 38.0 Å². The van der Waals surface area contributed by atoms with Crippen molar-refractivity contribution in [3.63, 3.8) is 0 Å². The lowest BCUT2D eigenvalue weighted by Crippen LogP contribution is -2.58. The van der Waals surface area contributed by atoms with Gasteiger partial charge in [0, 0.05) is 37.7 Å². The van der Waals surface area contributed by atoms with Crippen LogP contribution in [0.1, 0.15) is 120 Å². The van der Waals surface area contributed by atoms with Gasteiger partial charge in [0.25, 0.3) is 0 Å². The number of methoxy groups -OCH3 is 1. The molecule has 1 spiro atoms. The molecule has 6 saturated heterocycles. The Morgan fingerprint density at radius 2 is 1.59 bits per heavy atom. The monoisotopic (exact) mass is 724 g/mol. The van der Waals surface area contributed by atoms with Crippen LogP contribution in [0, 0.1) is 41.4 Å². The highest BCUT2D eigenvalue weighted by Crippen LogP contribution is 2.57. The van der Waals surface area contributed by atoms with E-state index in [1.165, 1.54) is 0 Å². The van der Waals surface area contributed by atoms with Crippen molar-refractivity contribution in [1.82, 2.24) is 0 Å². The molecule has 6 fully saturated rings.